The maximum Gasteiger partial charge on any atom is 0.315 e. The lowest BCUT2D eigenvalue weighted by molar-refractivity contribution is -0.385. The maximum absolute atomic E-state index is 13.1. The van der Waals surface area contributed by atoms with E-state index in [-0.39, 0.29) is 22.8 Å². The predicted molar refractivity (Wildman–Crippen MR) is 76.8 cm³/mol. The first-order valence-electron chi connectivity index (χ1n) is 6.40. The van der Waals surface area contributed by atoms with Gasteiger partial charge in [0.05, 0.1) is 10.5 Å². The molecule has 3 N–H and O–H groups in total. The van der Waals surface area contributed by atoms with Crippen molar-refractivity contribution in [3.63, 3.8) is 0 Å². The number of halogens is 1. The Labute approximate surface area is 132 Å². The number of aromatic nitrogens is 2. The first kappa shape index (κ1) is 15.2. The molecular weight excluding hydrogens is 325 g/mol. The van der Waals surface area contributed by atoms with E-state index in [9.17, 15) is 29.8 Å². The third-order valence-corrected chi connectivity index (χ3v) is 3.14. The van der Waals surface area contributed by atoms with Crippen molar-refractivity contribution in [2.45, 2.75) is 0 Å². The van der Waals surface area contributed by atoms with Crippen LogP contribution >= 0.6 is 0 Å². The van der Waals surface area contributed by atoms with Gasteiger partial charge < -0.3 is 19.8 Å². The van der Waals surface area contributed by atoms with Crippen LogP contribution in [0.3, 0.4) is 0 Å². The first-order valence-corrected chi connectivity index (χ1v) is 6.40. The van der Waals surface area contributed by atoms with E-state index >= 15 is 0 Å². The monoisotopic (exact) mass is 333 g/mol. The maximum atomic E-state index is 13.1. The van der Waals surface area contributed by atoms with Gasteiger partial charge >= 0.3 is 5.69 Å². The Morgan fingerprint density at radius 3 is 2.46 bits per heavy atom. The van der Waals surface area contributed by atoms with Crippen LogP contribution in [0.4, 0.5) is 10.1 Å². The van der Waals surface area contributed by atoms with Crippen molar-refractivity contribution in [3.05, 3.63) is 46.3 Å². The normalized spacial score (nSPS) is 10.7. The molecule has 0 saturated carbocycles. The van der Waals surface area contributed by atoms with Crippen LogP contribution in [0.1, 0.15) is 0 Å². The average Bonchev–Trinajstić information content (AvgIpc) is 3.02. The molecule has 0 fully saturated rings. The predicted octanol–water partition coefficient (Wildman–Crippen LogP) is 2.57. The summed E-state index contributed by atoms with van der Waals surface area (Å²) in [7, 11) is 0. The minimum Gasteiger partial charge on any atom is -0.505 e. The summed E-state index contributed by atoms with van der Waals surface area (Å²) in [6.07, 6.45) is 0. The summed E-state index contributed by atoms with van der Waals surface area (Å²) in [5, 5.41) is 42.9. The molecule has 1 aromatic heterocycles. The van der Waals surface area contributed by atoms with Gasteiger partial charge in [-0.05, 0) is 24.3 Å². The highest BCUT2D eigenvalue weighted by Crippen LogP contribution is 2.39. The van der Waals surface area contributed by atoms with Gasteiger partial charge in [0.1, 0.15) is 0 Å². The summed E-state index contributed by atoms with van der Waals surface area (Å²) < 4.78 is 18.0. The van der Waals surface area contributed by atoms with E-state index in [4.69, 9.17) is 4.52 Å². The Kier molecular flexibility index (Phi) is 3.49. The molecule has 0 aliphatic rings. The van der Waals surface area contributed by atoms with Gasteiger partial charge in [0.25, 0.3) is 5.89 Å². The zero-order valence-electron chi connectivity index (χ0n) is 11.7. The van der Waals surface area contributed by atoms with Crippen LogP contribution in [-0.2, 0) is 0 Å². The van der Waals surface area contributed by atoms with Crippen LogP contribution in [0.2, 0.25) is 0 Å². The minimum absolute atomic E-state index is 0.00193. The van der Waals surface area contributed by atoms with Gasteiger partial charge in [-0.2, -0.15) is 4.98 Å². The molecule has 122 valence electrons. The first-order chi connectivity index (χ1) is 11.4. The number of hydrogen-bond donors (Lipinski definition) is 3. The summed E-state index contributed by atoms with van der Waals surface area (Å²) in [6.45, 7) is 0. The zero-order valence-corrected chi connectivity index (χ0v) is 11.7. The molecular formula is C14H8FN3O6. The molecule has 3 aromatic rings. The molecule has 10 heteroatoms. The summed E-state index contributed by atoms with van der Waals surface area (Å²) in [6, 6.07) is 5.37. The fraction of sp³-hybridized carbons (Fsp3) is 0. The molecule has 0 saturated heterocycles. The van der Waals surface area contributed by atoms with Crippen LogP contribution in [-0.4, -0.2) is 30.4 Å². The van der Waals surface area contributed by atoms with Gasteiger partial charge in [-0.1, -0.05) is 5.16 Å². The quantitative estimate of drug-likeness (QED) is 0.377. The van der Waals surface area contributed by atoms with Crippen LogP contribution in [0.25, 0.3) is 22.8 Å². The molecule has 2 aromatic carbocycles. The Bertz CT molecular complexity index is 956. The smallest absolute Gasteiger partial charge is 0.315 e. The molecule has 0 amide bonds. The molecule has 3 rings (SSSR count). The van der Waals surface area contributed by atoms with Crippen molar-refractivity contribution in [2.24, 2.45) is 0 Å². The number of aromatic hydroxyl groups is 3. The SMILES string of the molecule is O=[N+]([O-])c1cc(-c2nc(-c3ccc(F)c(O)c3)no2)cc(O)c1O. The molecule has 0 unspecified atom stereocenters. The fourth-order valence-corrected chi connectivity index (χ4v) is 1.98. The zero-order chi connectivity index (χ0) is 17.4. The van der Waals surface area contributed by atoms with E-state index in [0.717, 1.165) is 24.3 Å². The van der Waals surface area contributed by atoms with E-state index in [0.29, 0.717) is 0 Å². The van der Waals surface area contributed by atoms with Crippen LogP contribution in [0, 0.1) is 15.9 Å². The van der Waals surface area contributed by atoms with Gasteiger partial charge in [0.15, 0.2) is 17.3 Å². The van der Waals surface area contributed by atoms with Crippen molar-refractivity contribution < 1.29 is 29.2 Å². The highest BCUT2D eigenvalue weighted by molar-refractivity contribution is 5.69. The van der Waals surface area contributed by atoms with Gasteiger partial charge in [0.2, 0.25) is 11.6 Å². The number of phenolic OH excluding ortho intramolecular Hbond substituents is 3. The van der Waals surface area contributed by atoms with Gasteiger partial charge in [0, 0.05) is 11.6 Å². The van der Waals surface area contributed by atoms with Crippen LogP contribution in [0.15, 0.2) is 34.9 Å². The van der Waals surface area contributed by atoms with Crippen molar-refractivity contribution in [3.8, 4) is 40.1 Å². The Morgan fingerprint density at radius 2 is 1.79 bits per heavy atom. The number of phenols is 3. The van der Waals surface area contributed by atoms with Crippen LogP contribution in [0.5, 0.6) is 17.2 Å². The van der Waals surface area contributed by atoms with E-state index in [2.05, 4.69) is 10.1 Å². The van der Waals surface area contributed by atoms with Crippen molar-refractivity contribution >= 4 is 5.69 Å². The summed E-state index contributed by atoms with van der Waals surface area (Å²) in [5.74, 6) is -3.20. The van der Waals surface area contributed by atoms with E-state index in [1.54, 1.807) is 0 Å². The second kappa shape index (κ2) is 5.50. The highest BCUT2D eigenvalue weighted by atomic mass is 19.1. The molecule has 24 heavy (non-hydrogen) atoms. The van der Waals surface area contributed by atoms with Gasteiger partial charge in [-0.25, -0.2) is 4.39 Å². The third-order valence-electron chi connectivity index (χ3n) is 3.14. The number of benzene rings is 2. The van der Waals surface area contributed by atoms with E-state index < -0.39 is 33.7 Å². The molecule has 9 nitrogen and oxygen atoms in total. The largest absolute Gasteiger partial charge is 0.505 e. The minimum atomic E-state index is -0.882. The van der Waals surface area contributed by atoms with E-state index in [1.807, 2.05) is 0 Å². The van der Waals surface area contributed by atoms with Crippen LogP contribution < -0.4 is 0 Å². The molecule has 0 spiro atoms. The Morgan fingerprint density at radius 1 is 1.08 bits per heavy atom. The van der Waals surface area contributed by atoms with Crippen molar-refractivity contribution in [2.75, 3.05) is 0 Å². The lowest BCUT2D eigenvalue weighted by Gasteiger charge is -2.01. The van der Waals surface area contributed by atoms with Gasteiger partial charge in [-0.3, -0.25) is 10.1 Å². The second-order valence-electron chi connectivity index (χ2n) is 4.71. The summed E-state index contributed by atoms with van der Waals surface area (Å²) in [5.41, 5.74) is -0.479. The molecule has 0 radical (unpaired) electrons. The number of nitrogens with zero attached hydrogens (tertiary/aromatic N) is 3. The molecule has 0 bridgehead atoms. The summed E-state index contributed by atoms with van der Waals surface area (Å²) in [4.78, 5) is 13.9. The second-order valence-corrected chi connectivity index (χ2v) is 4.71. The molecule has 0 aliphatic heterocycles. The molecule has 0 aliphatic carbocycles. The number of nitro benzene ring substituents is 1. The lowest BCUT2D eigenvalue weighted by Crippen LogP contribution is -1.90. The average molecular weight is 333 g/mol. The number of hydrogen-bond acceptors (Lipinski definition) is 8. The Balaban J connectivity index is 2.05. The van der Waals surface area contributed by atoms with E-state index in [1.165, 1.54) is 6.07 Å². The fourth-order valence-electron chi connectivity index (χ4n) is 1.98. The van der Waals surface area contributed by atoms with Gasteiger partial charge in [-0.15, -0.1) is 0 Å². The Hall–Kier alpha value is -3.69. The standard InChI is InChI=1S/C14H8FN3O6/c15-8-2-1-6(4-10(8)19)13-16-14(24-17-13)7-3-9(18(22)23)12(21)11(20)5-7/h1-5,19-21H. The van der Waals surface area contributed by atoms with Crippen molar-refractivity contribution in [1.82, 2.24) is 10.1 Å². The highest BCUT2D eigenvalue weighted by Gasteiger charge is 2.22. The number of rotatable bonds is 3. The number of nitro groups is 1. The third kappa shape index (κ3) is 2.56. The lowest BCUT2D eigenvalue weighted by atomic mass is 10.1. The summed E-state index contributed by atoms with van der Waals surface area (Å²) >= 11 is 0. The topological polar surface area (TPSA) is 143 Å². The molecule has 1 heterocycles. The van der Waals surface area contributed by atoms with Crippen molar-refractivity contribution in [1.29, 1.82) is 0 Å². The molecule has 0 atom stereocenters.